The van der Waals surface area contributed by atoms with Gasteiger partial charge in [-0.2, -0.15) is 0 Å². The van der Waals surface area contributed by atoms with E-state index in [1.54, 1.807) is 0 Å². The third-order valence-corrected chi connectivity index (χ3v) is 1.62. The lowest BCUT2D eigenvalue weighted by Gasteiger charge is -2.01. The summed E-state index contributed by atoms with van der Waals surface area (Å²) in [7, 11) is 0. The van der Waals surface area contributed by atoms with Crippen molar-refractivity contribution in [1.82, 2.24) is 5.32 Å². The minimum absolute atomic E-state index is 0.0764. The van der Waals surface area contributed by atoms with Crippen molar-refractivity contribution in [1.29, 1.82) is 0 Å². The van der Waals surface area contributed by atoms with Gasteiger partial charge in [0.25, 0.3) is 5.91 Å². The molecule has 1 unspecified atom stereocenters. The molecule has 1 saturated heterocycles. The first-order valence-corrected chi connectivity index (χ1v) is 3.18. The van der Waals surface area contributed by atoms with Gasteiger partial charge in [0.05, 0.1) is 0 Å². The van der Waals surface area contributed by atoms with E-state index in [2.05, 4.69) is 5.32 Å². The molecule has 0 aromatic carbocycles. The van der Waals surface area contributed by atoms with Gasteiger partial charge in [-0.25, -0.2) is 4.39 Å². The smallest absolute Gasteiger partial charge is 0.254 e. The van der Waals surface area contributed by atoms with Crippen molar-refractivity contribution in [2.24, 2.45) is 0 Å². The molecule has 9 heavy (non-hydrogen) atoms. The van der Waals surface area contributed by atoms with Gasteiger partial charge < -0.3 is 5.32 Å². The molecular formula is C6H10FNO. The standard InChI is InChI=1S/C6H10FNO/c1-2-4-3-5(7)6(9)8-4/h4-5H,2-3H2,1H3,(H,8,9)/t4-,5?/m1/s1. The van der Waals surface area contributed by atoms with Gasteiger partial charge in [-0.1, -0.05) is 6.92 Å². The quantitative estimate of drug-likeness (QED) is 0.555. The number of hydrogen-bond acceptors (Lipinski definition) is 1. The number of carbonyl (C=O) groups is 1. The van der Waals surface area contributed by atoms with Crippen LogP contribution in [0.2, 0.25) is 0 Å². The van der Waals surface area contributed by atoms with E-state index in [0.717, 1.165) is 6.42 Å². The lowest BCUT2D eigenvalue weighted by Crippen LogP contribution is -2.25. The maximum atomic E-state index is 12.3. The summed E-state index contributed by atoms with van der Waals surface area (Å²) in [6, 6.07) is 0.0764. The van der Waals surface area contributed by atoms with Crippen LogP contribution in [0.4, 0.5) is 4.39 Å². The van der Waals surface area contributed by atoms with E-state index in [9.17, 15) is 9.18 Å². The van der Waals surface area contributed by atoms with Crippen LogP contribution in [0.5, 0.6) is 0 Å². The van der Waals surface area contributed by atoms with Crippen LogP contribution in [0.3, 0.4) is 0 Å². The van der Waals surface area contributed by atoms with Gasteiger partial charge in [-0.3, -0.25) is 4.79 Å². The molecule has 1 N–H and O–H groups in total. The highest BCUT2D eigenvalue weighted by molar-refractivity contribution is 5.83. The predicted molar refractivity (Wildman–Crippen MR) is 31.7 cm³/mol. The summed E-state index contributed by atoms with van der Waals surface area (Å²) in [5.41, 5.74) is 0. The molecule has 0 aromatic rings. The van der Waals surface area contributed by atoms with E-state index in [0.29, 0.717) is 6.42 Å². The van der Waals surface area contributed by atoms with Gasteiger partial charge in [-0.15, -0.1) is 0 Å². The van der Waals surface area contributed by atoms with Gasteiger partial charge >= 0.3 is 0 Å². The second-order valence-electron chi connectivity index (χ2n) is 2.32. The van der Waals surface area contributed by atoms with Crippen LogP contribution in [0.15, 0.2) is 0 Å². The molecule has 52 valence electrons. The zero-order valence-corrected chi connectivity index (χ0v) is 5.36. The molecule has 1 aliphatic rings. The molecule has 0 saturated carbocycles. The normalized spacial score (nSPS) is 34.7. The second kappa shape index (κ2) is 2.33. The van der Waals surface area contributed by atoms with Crippen molar-refractivity contribution < 1.29 is 9.18 Å². The second-order valence-corrected chi connectivity index (χ2v) is 2.32. The Morgan fingerprint density at radius 1 is 1.89 bits per heavy atom. The highest BCUT2D eigenvalue weighted by atomic mass is 19.1. The van der Waals surface area contributed by atoms with E-state index >= 15 is 0 Å². The van der Waals surface area contributed by atoms with E-state index < -0.39 is 12.1 Å². The maximum Gasteiger partial charge on any atom is 0.254 e. The third-order valence-electron chi connectivity index (χ3n) is 1.62. The average molecular weight is 131 g/mol. The minimum Gasteiger partial charge on any atom is -0.351 e. The Labute approximate surface area is 53.4 Å². The van der Waals surface area contributed by atoms with Gasteiger partial charge in [-0.05, 0) is 6.42 Å². The first-order valence-electron chi connectivity index (χ1n) is 3.18. The van der Waals surface area contributed by atoms with Crippen LogP contribution in [-0.4, -0.2) is 18.1 Å². The number of amides is 1. The van der Waals surface area contributed by atoms with E-state index in [1.807, 2.05) is 6.92 Å². The summed E-state index contributed by atoms with van der Waals surface area (Å²) >= 11 is 0. The summed E-state index contributed by atoms with van der Waals surface area (Å²) in [4.78, 5) is 10.5. The molecular weight excluding hydrogens is 121 g/mol. The van der Waals surface area contributed by atoms with E-state index in [4.69, 9.17) is 0 Å². The van der Waals surface area contributed by atoms with Crippen molar-refractivity contribution in [3.8, 4) is 0 Å². The molecule has 0 radical (unpaired) electrons. The van der Waals surface area contributed by atoms with Crippen LogP contribution in [0, 0.1) is 0 Å². The number of nitrogens with one attached hydrogen (secondary N) is 1. The fraction of sp³-hybridized carbons (Fsp3) is 0.833. The lowest BCUT2D eigenvalue weighted by molar-refractivity contribution is -0.123. The molecule has 1 fully saturated rings. The van der Waals surface area contributed by atoms with Crippen LogP contribution >= 0.6 is 0 Å². The monoisotopic (exact) mass is 131 g/mol. The molecule has 1 aliphatic heterocycles. The molecule has 2 atom stereocenters. The van der Waals surface area contributed by atoms with Crippen LogP contribution in [0.1, 0.15) is 19.8 Å². The van der Waals surface area contributed by atoms with Crippen LogP contribution in [-0.2, 0) is 4.79 Å². The predicted octanol–water partition coefficient (Wildman–Crippen LogP) is 0.623. The van der Waals surface area contributed by atoms with E-state index in [1.165, 1.54) is 0 Å². The highest BCUT2D eigenvalue weighted by Crippen LogP contribution is 2.12. The Morgan fingerprint density at radius 3 is 2.78 bits per heavy atom. The molecule has 3 heteroatoms. The maximum absolute atomic E-state index is 12.3. The topological polar surface area (TPSA) is 29.1 Å². The van der Waals surface area contributed by atoms with E-state index in [-0.39, 0.29) is 6.04 Å². The Morgan fingerprint density at radius 2 is 2.56 bits per heavy atom. The van der Waals surface area contributed by atoms with Gasteiger partial charge in [0.2, 0.25) is 0 Å². The molecule has 1 rings (SSSR count). The zero-order chi connectivity index (χ0) is 6.85. The fourth-order valence-electron chi connectivity index (χ4n) is 0.976. The molecule has 0 aliphatic carbocycles. The van der Waals surface area contributed by atoms with Crippen LogP contribution in [0.25, 0.3) is 0 Å². The molecule has 1 heterocycles. The van der Waals surface area contributed by atoms with Crippen LogP contribution < -0.4 is 5.32 Å². The summed E-state index contributed by atoms with van der Waals surface area (Å²) in [6.45, 7) is 1.93. The SMILES string of the molecule is CC[C@@H]1CC(F)C(=O)N1. The third kappa shape index (κ3) is 1.20. The fourth-order valence-corrected chi connectivity index (χ4v) is 0.976. The molecule has 1 amide bonds. The number of hydrogen-bond donors (Lipinski definition) is 1. The van der Waals surface area contributed by atoms with Crippen molar-refractivity contribution in [2.75, 3.05) is 0 Å². The van der Waals surface area contributed by atoms with Crippen molar-refractivity contribution in [3.63, 3.8) is 0 Å². The van der Waals surface area contributed by atoms with Gasteiger partial charge in [0.15, 0.2) is 6.17 Å². The van der Waals surface area contributed by atoms with Gasteiger partial charge in [0.1, 0.15) is 0 Å². The molecule has 0 spiro atoms. The van der Waals surface area contributed by atoms with Crippen molar-refractivity contribution in [3.05, 3.63) is 0 Å². The summed E-state index contributed by atoms with van der Waals surface area (Å²) < 4.78 is 12.3. The zero-order valence-electron chi connectivity index (χ0n) is 5.36. The Bertz CT molecular complexity index is 126. The first-order chi connectivity index (χ1) is 4.24. The number of alkyl halides is 1. The first kappa shape index (κ1) is 6.52. The van der Waals surface area contributed by atoms with Crippen molar-refractivity contribution in [2.45, 2.75) is 32.0 Å². The average Bonchev–Trinajstić information content (AvgIpc) is 2.13. The summed E-state index contributed by atoms with van der Waals surface area (Å²) in [5, 5.41) is 2.54. The number of carbonyl (C=O) groups excluding carboxylic acids is 1. The lowest BCUT2D eigenvalue weighted by atomic mass is 10.2. The minimum atomic E-state index is -1.25. The largest absolute Gasteiger partial charge is 0.351 e. The number of rotatable bonds is 1. The highest BCUT2D eigenvalue weighted by Gasteiger charge is 2.29. The molecule has 0 bridgehead atoms. The summed E-state index contributed by atoms with van der Waals surface area (Å²) in [5.74, 6) is -0.443. The number of halogens is 1. The molecule has 0 aromatic heterocycles. The Kier molecular flexibility index (Phi) is 1.69. The Hall–Kier alpha value is -0.600. The molecule has 2 nitrogen and oxygen atoms in total. The van der Waals surface area contributed by atoms with Crippen molar-refractivity contribution >= 4 is 5.91 Å². The summed E-state index contributed by atoms with van der Waals surface area (Å²) in [6.07, 6.45) is -0.0726. The van der Waals surface area contributed by atoms with Gasteiger partial charge in [0, 0.05) is 12.5 Å². The Balaban J connectivity index is 2.44.